The van der Waals surface area contributed by atoms with Gasteiger partial charge in [-0.2, -0.15) is 5.10 Å². The fourth-order valence-electron chi connectivity index (χ4n) is 3.28. The largest absolute Gasteiger partial charge is 0.497 e. The molecule has 4 aromatic rings. The highest BCUT2D eigenvalue weighted by Gasteiger charge is 2.18. The molecule has 3 aromatic carbocycles. The predicted molar refractivity (Wildman–Crippen MR) is 120 cm³/mol. The highest BCUT2D eigenvalue weighted by atomic mass is 16.6. The fourth-order valence-corrected chi connectivity index (χ4v) is 3.28. The summed E-state index contributed by atoms with van der Waals surface area (Å²) in [4.78, 5) is 25.7. The van der Waals surface area contributed by atoms with E-state index in [4.69, 9.17) is 14.2 Å². The zero-order valence-corrected chi connectivity index (χ0v) is 17.6. The lowest BCUT2D eigenvalue weighted by molar-refractivity contribution is 0.0443. The number of nitrogens with zero attached hydrogens (tertiary/aromatic N) is 2. The van der Waals surface area contributed by atoms with Gasteiger partial charge in [0, 0.05) is 5.39 Å². The van der Waals surface area contributed by atoms with Crippen LogP contribution >= 0.6 is 0 Å². The first-order valence-corrected chi connectivity index (χ1v) is 10.1. The van der Waals surface area contributed by atoms with Crippen LogP contribution in [0.4, 0.5) is 0 Å². The number of hydrogen-bond acceptors (Lipinski definition) is 6. The third kappa shape index (κ3) is 4.78. The van der Waals surface area contributed by atoms with Crippen molar-refractivity contribution in [2.75, 3.05) is 20.3 Å². The maximum absolute atomic E-state index is 12.9. The van der Waals surface area contributed by atoms with Gasteiger partial charge in [0.2, 0.25) is 0 Å². The Morgan fingerprint density at radius 2 is 1.50 bits per heavy atom. The summed E-state index contributed by atoms with van der Waals surface area (Å²) in [5, 5.41) is 5.20. The predicted octanol–water partition coefficient (Wildman–Crippen LogP) is 3.69. The van der Waals surface area contributed by atoms with Crippen LogP contribution in [0.3, 0.4) is 0 Å². The first-order valence-electron chi connectivity index (χ1n) is 10.1. The van der Waals surface area contributed by atoms with Gasteiger partial charge in [-0.25, -0.2) is 9.48 Å². The SMILES string of the molecule is COc1ccc(OCCOC(=O)c2nn(Cc3ccccc3)c(=O)c3ccccc23)cc1. The second kappa shape index (κ2) is 9.78. The Hall–Kier alpha value is -4.13. The van der Waals surface area contributed by atoms with Gasteiger partial charge in [-0.15, -0.1) is 0 Å². The Morgan fingerprint density at radius 1 is 0.844 bits per heavy atom. The molecule has 0 radical (unpaired) electrons. The smallest absolute Gasteiger partial charge is 0.359 e. The van der Waals surface area contributed by atoms with Crippen LogP contribution in [0.15, 0.2) is 83.7 Å². The molecule has 0 aliphatic heterocycles. The second-order valence-corrected chi connectivity index (χ2v) is 7.00. The molecule has 0 saturated heterocycles. The number of benzene rings is 3. The van der Waals surface area contributed by atoms with Crippen molar-refractivity contribution in [3.63, 3.8) is 0 Å². The molecule has 7 heteroatoms. The lowest BCUT2D eigenvalue weighted by atomic mass is 10.1. The Labute approximate surface area is 184 Å². The molecule has 0 fully saturated rings. The molecule has 7 nitrogen and oxygen atoms in total. The van der Waals surface area contributed by atoms with E-state index in [2.05, 4.69) is 5.10 Å². The van der Waals surface area contributed by atoms with Gasteiger partial charge in [0.25, 0.3) is 5.56 Å². The number of carbonyl (C=O) groups excluding carboxylic acids is 1. The highest BCUT2D eigenvalue weighted by Crippen LogP contribution is 2.17. The van der Waals surface area contributed by atoms with E-state index in [-0.39, 0.29) is 31.0 Å². The monoisotopic (exact) mass is 430 g/mol. The van der Waals surface area contributed by atoms with Gasteiger partial charge in [-0.05, 0) is 35.9 Å². The minimum atomic E-state index is -0.610. The molecule has 0 bridgehead atoms. The molecule has 0 N–H and O–H groups in total. The molecule has 0 saturated carbocycles. The van der Waals surface area contributed by atoms with E-state index in [0.717, 1.165) is 11.3 Å². The van der Waals surface area contributed by atoms with Crippen LogP contribution in [0, 0.1) is 0 Å². The third-order valence-corrected chi connectivity index (χ3v) is 4.88. The van der Waals surface area contributed by atoms with Crippen molar-refractivity contribution in [1.82, 2.24) is 9.78 Å². The highest BCUT2D eigenvalue weighted by molar-refractivity contribution is 6.02. The average molecular weight is 430 g/mol. The summed E-state index contributed by atoms with van der Waals surface area (Å²) >= 11 is 0. The van der Waals surface area contributed by atoms with Crippen molar-refractivity contribution in [1.29, 1.82) is 0 Å². The third-order valence-electron chi connectivity index (χ3n) is 4.88. The minimum Gasteiger partial charge on any atom is -0.497 e. The zero-order valence-electron chi connectivity index (χ0n) is 17.6. The normalized spacial score (nSPS) is 10.7. The number of fused-ring (bicyclic) bond motifs is 1. The quantitative estimate of drug-likeness (QED) is 0.313. The minimum absolute atomic E-state index is 0.0404. The lowest BCUT2D eigenvalue weighted by Crippen LogP contribution is -2.27. The van der Waals surface area contributed by atoms with Crippen LogP contribution in [0.5, 0.6) is 11.5 Å². The molecular formula is C25H22N2O5. The molecule has 0 atom stereocenters. The number of rotatable bonds is 8. The average Bonchev–Trinajstić information content (AvgIpc) is 2.84. The van der Waals surface area contributed by atoms with Gasteiger partial charge in [0.15, 0.2) is 5.69 Å². The second-order valence-electron chi connectivity index (χ2n) is 7.00. The van der Waals surface area contributed by atoms with E-state index < -0.39 is 5.97 Å². The van der Waals surface area contributed by atoms with E-state index >= 15 is 0 Å². The molecule has 1 aromatic heterocycles. The van der Waals surface area contributed by atoms with Gasteiger partial charge in [0.05, 0.1) is 19.0 Å². The van der Waals surface area contributed by atoms with Gasteiger partial charge in [-0.1, -0.05) is 48.5 Å². The molecule has 0 unspecified atom stereocenters. The van der Waals surface area contributed by atoms with Gasteiger partial charge >= 0.3 is 5.97 Å². The summed E-state index contributed by atoms with van der Waals surface area (Å²) in [5.41, 5.74) is 0.744. The maximum atomic E-state index is 12.9. The molecule has 32 heavy (non-hydrogen) atoms. The molecule has 0 aliphatic carbocycles. The number of methoxy groups -OCH3 is 1. The maximum Gasteiger partial charge on any atom is 0.359 e. The lowest BCUT2D eigenvalue weighted by Gasteiger charge is -2.11. The summed E-state index contributed by atoms with van der Waals surface area (Å²) in [7, 11) is 1.59. The van der Waals surface area contributed by atoms with Crippen LogP contribution in [-0.4, -0.2) is 36.1 Å². The molecule has 0 amide bonds. The Morgan fingerprint density at radius 3 is 2.22 bits per heavy atom. The van der Waals surface area contributed by atoms with Crippen LogP contribution in [-0.2, 0) is 11.3 Å². The fraction of sp³-hybridized carbons (Fsp3) is 0.160. The van der Waals surface area contributed by atoms with Gasteiger partial charge < -0.3 is 14.2 Å². The Balaban J connectivity index is 1.49. The standard InChI is InChI=1S/C25H22N2O5/c1-30-19-11-13-20(14-12-19)31-15-16-32-25(29)23-21-9-5-6-10-22(21)24(28)27(26-23)17-18-7-3-2-4-8-18/h2-14H,15-17H2,1H3. The van der Waals surface area contributed by atoms with E-state index in [1.54, 1.807) is 55.6 Å². The van der Waals surface area contributed by atoms with Gasteiger partial charge in [-0.3, -0.25) is 4.79 Å². The first-order chi connectivity index (χ1) is 15.7. The van der Waals surface area contributed by atoms with Crippen LogP contribution < -0.4 is 15.0 Å². The van der Waals surface area contributed by atoms with E-state index in [1.807, 2.05) is 30.3 Å². The molecule has 0 aliphatic rings. The van der Waals surface area contributed by atoms with Crippen molar-refractivity contribution < 1.29 is 19.0 Å². The molecular weight excluding hydrogens is 408 g/mol. The van der Waals surface area contributed by atoms with Crippen molar-refractivity contribution in [3.05, 3.63) is 100 Å². The number of ether oxygens (including phenoxy) is 3. The molecule has 162 valence electrons. The molecule has 4 rings (SSSR count). The van der Waals surface area contributed by atoms with Crippen LogP contribution in [0.2, 0.25) is 0 Å². The van der Waals surface area contributed by atoms with E-state index in [0.29, 0.717) is 16.5 Å². The summed E-state index contributed by atoms with van der Waals surface area (Å²) in [6.07, 6.45) is 0. The van der Waals surface area contributed by atoms with Gasteiger partial charge in [0.1, 0.15) is 24.7 Å². The Kier molecular flexibility index (Phi) is 6.46. The Bertz CT molecular complexity index is 1270. The van der Waals surface area contributed by atoms with E-state index in [1.165, 1.54) is 4.68 Å². The zero-order chi connectivity index (χ0) is 22.3. The number of hydrogen-bond donors (Lipinski definition) is 0. The van der Waals surface area contributed by atoms with Crippen molar-refractivity contribution in [2.45, 2.75) is 6.54 Å². The van der Waals surface area contributed by atoms with Crippen LogP contribution in [0.25, 0.3) is 10.8 Å². The van der Waals surface area contributed by atoms with Crippen molar-refractivity contribution in [2.24, 2.45) is 0 Å². The number of esters is 1. The number of carbonyl (C=O) groups is 1. The van der Waals surface area contributed by atoms with Crippen molar-refractivity contribution >= 4 is 16.7 Å². The summed E-state index contributed by atoms with van der Waals surface area (Å²) < 4.78 is 17.4. The summed E-state index contributed by atoms with van der Waals surface area (Å²) in [6.45, 7) is 0.476. The summed E-state index contributed by atoms with van der Waals surface area (Å²) in [6, 6.07) is 23.5. The van der Waals surface area contributed by atoms with E-state index in [9.17, 15) is 9.59 Å². The summed E-state index contributed by atoms with van der Waals surface area (Å²) in [5.74, 6) is 0.760. The van der Waals surface area contributed by atoms with Crippen molar-refractivity contribution in [3.8, 4) is 11.5 Å². The number of aromatic nitrogens is 2. The topological polar surface area (TPSA) is 79.7 Å². The first kappa shape index (κ1) is 21.1. The molecule has 1 heterocycles. The molecule has 0 spiro atoms. The van der Waals surface area contributed by atoms with Crippen LogP contribution in [0.1, 0.15) is 16.1 Å².